The zero-order chi connectivity index (χ0) is 14.1. The van der Waals surface area contributed by atoms with Crippen molar-refractivity contribution in [2.24, 2.45) is 5.84 Å². The maximum atomic E-state index is 11.8. The molecule has 6 heteroatoms. The van der Waals surface area contributed by atoms with Gasteiger partial charge in [-0.25, -0.2) is 5.84 Å². The van der Waals surface area contributed by atoms with Gasteiger partial charge in [-0.05, 0) is 12.1 Å². The van der Waals surface area contributed by atoms with E-state index in [2.05, 4.69) is 11.5 Å². The standard InChI is InChI=1S/C13H18N4O2/c1-19-10-12(13(18)16-15)17(9-5-8-14)11-6-3-2-4-7-11/h2-4,6-7,12H,5,9-10,15H2,1H3,(H,16,18). The summed E-state index contributed by atoms with van der Waals surface area (Å²) in [5, 5.41) is 8.74. The molecule has 0 radical (unpaired) electrons. The summed E-state index contributed by atoms with van der Waals surface area (Å²) in [6, 6.07) is 10.9. The number of benzene rings is 1. The van der Waals surface area contributed by atoms with Crippen molar-refractivity contribution < 1.29 is 9.53 Å². The van der Waals surface area contributed by atoms with Gasteiger partial charge in [0.25, 0.3) is 5.91 Å². The summed E-state index contributed by atoms with van der Waals surface area (Å²) in [6.07, 6.45) is 0.312. The highest BCUT2D eigenvalue weighted by Gasteiger charge is 2.25. The van der Waals surface area contributed by atoms with Gasteiger partial charge >= 0.3 is 0 Å². The molecule has 1 atom stereocenters. The van der Waals surface area contributed by atoms with Crippen LogP contribution in [0, 0.1) is 11.3 Å². The maximum Gasteiger partial charge on any atom is 0.258 e. The van der Waals surface area contributed by atoms with E-state index < -0.39 is 6.04 Å². The Morgan fingerprint density at radius 3 is 2.74 bits per heavy atom. The molecule has 19 heavy (non-hydrogen) atoms. The number of para-hydroxylation sites is 1. The van der Waals surface area contributed by atoms with E-state index in [9.17, 15) is 4.79 Å². The van der Waals surface area contributed by atoms with Crippen LogP contribution in [-0.2, 0) is 9.53 Å². The van der Waals surface area contributed by atoms with Gasteiger partial charge in [0.2, 0.25) is 0 Å². The molecule has 0 bridgehead atoms. The summed E-state index contributed by atoms with van der Waals surface area (Å²) in [5.74, 6) is 4.86. The molecule has 3 N–H and O–H groups in total. The van der Waals surface area contributed by atoms with Crippen LogP contribution in [-0.4, -0.2) is 32.2 Å². The van der Waals surface area contributed by atoms with E-state index in [0.717, 1.165) is 5.69 Å². The van der Waals surface area contributed by atoms with E-state index in [1.807, 2.05) is 35.2 Å². The van der Waals surface area contributed by atoms with Crippen molar-refractivity contribution >= 4 is 11.6 Å². The molecule has 0 heterocycles. The summed E-state index contributed by atoms with van der Waals surface area (Å²) < 4.78 is 5.07. The minimum absolute atomic E-state index is 0.198. The molecule has 1 aromatic rings. The molecule has 1 rings (SSSR count). The van der Waals surface area contributed by atoms with Crippen molar-refractivity contribution in [2.45, 2.75) is 12.5 Å². The fourth-order valence-corrected chi connectivity index (χ4v) is 1.82. The summed E-state index contributed by atoms with van der Waals surface area (Å²) in [6.45, 7) is 0.630. The molecular weight excluding hydrogens is 244 g/mol. The Hall–Kier alpha value is -2.10. The molecule has 0 spiro atoms. The number of rotatable bonds is 7. The van der Waals surface area contributed by atoms with Gasteiger partial charge < -0.3 is 9.64 Å². The molecule has 0 saturated heterocycles. The van der Waals surface area contributed by atoms with Crippen LogP contribution in [0.15, 0.2) is 30.3 Å². The smallest absolute Gasteiger partial charge is 0.258 e. The molecule has 0 saturated carbocycles. The van der Waals surface area contributed by atoms with Gasteiger partial charge in [0, 0.05) is 19.3 Å². The highest BCUT2D eigenvalue weighted by molar-refractivity contribution is 5.85. The monoisotopic (exact) mass is 262 g/mol. The summed E-state index contributed by atoms with van der Waals surface area (Å²) in [7, 11) is 1.52. The number of nitrogens with zero attached hydrogens (tertiary/aromatic N) is 2. The number of carbonyl (C=O) groups is 1. The molecule has 0 aliphatic carbocycles. The average Bonchev–Trinajstić information content (AvgIpc) is 2.46. The van der Waals surface area contributed by atoms with E-state index in [0.29, 0.717) is 13.0 Å². The lowest BCUT2D eigenvalue weighted by molar-refractivity contribution is -0.123. The number of amides is 1. The third-order valence-corrected chi connectivity index (χ3v) is 2.70. The van der Waals surface area contributed by atoms with Crippen LogP contribution in [0.4, 0.5) is 5.69 Å². The quantitative estimate of drug-likeness (QED) is 0.422. The number of carbonyl (C=O) groups excluding carboxylic acids is 1. The zero-order valence-corrected chi connectivity index (χ0v) is 10.9. The van der Waals surface area contributed by atoms with Crippen molar-refractivity contribution in [3.63, 3.8) is 0 Å². The van der Waals surface area contributed by atoms with Crippen LogP contribution >= 0.6 is 0 Å². The second-order valence-electron chi connectivity index (χ2n) is 3.92. The Morgan fingerprint density at radius 1 is 1.53 bits per heavy atom. The normalized spacial score (nSPS) is 11.4. The first kappa shape index (κ1) is 15.0. The minimum atomic E-state index is -0.564. The van der Waals surface area contributed by atoms with Gasteiger partial charge in [-0.2, -0.15) is 5.26 Å². The number of nitrogens with one attached hydrogen (secondary N) is 1. The second kappa shape index (κ2) is 8.08. The number of nitriles is 1. The van der Waals surface area contributed by atoms with E-state index in [4.69, 9.17) is 15.8 Å². The fraction of sp³-hybridized carbons (Fsp3) is 0.385. The van der Waals surface area contributed by atoms with Gasteiger partial charge in [-0.1, -0.05) is 18.2 Å². The van der Waals surface area contributed by atoms with Crippen molar-refractivity contribution in [3.8, 4) is 6.07 Å². The van der Waals surface area contributed by atoms with Crippen LogP contribution in [0.25, 0.3) is 0 Å². The van der Waals surface area contributed by atoms with Gasteiger partial charge in [0.15, 0.2) is 0 Å². The molecule has 0 aliphatic rings. The zero-order valence-electron chi connectivity index (χ0n) is 10.9. The molecule has 0 aliphatic heterocycles. The van der Waals surface area contributed by atoms with Crippen LogP contribution in [0.5, 0.6) is 0 Å². The van der Waals surface area contributed by atoms with Gasteiger partial charge in [-0.15, -0.1) is 0 Å². The van der Waals surface area contributed by atoms with Crippen LogP contribution in [0.3, 0.4) is 0 Å². The van der Waals surface area contributed by atoms with E-state index in [1.165, 1.54) is 7.11 Å². The van der Waals surface area contributed by atoms with Crippen molar-refractivity contribution in [2.75, 3.05) is 25.2 Å². The van der Waals surface area contributed by atoms with Gasteiger partial charge in [-0.3, -0.25) is 10.2 Å². The maximum absolute atomic E-state index is 11.8. The van der Waals surface area contributed by atoms with E-state index >= 15 is 0 Å². The predicted octanol–water partition coefficient (Wildman–Crippen LogP) is 0.412. The SMILES string of the molecule is COCC(C(=O)NN)N(CCC#N)c1ccccc1. The average molecular weight is 262 g/mol. The van der Waals surface area contributed by atoms with Crippen molar-refractivity contribution in [1.82, 2.24) is 5.43 Å². The lowest BCUT2D eigenvalue weighted by atomic mass is 10.2. The highest BCUT2D eigenvalue weighted by Crippen LogP contribution is 2.17. The molecule has 0 fully saturated rings. The summed E-state index contributed by atoms with van der Waals surface area (Å²) >= 11 is 0. The Labute approximate surface area is 112 Å². The Bertz CT molecular complexity index is 430. The predicted molar refractivity (Wildman–Crippen MR) is 72.0 cm³/mol. The molecule has 1 unspecified atom stereocenters. The second-order valence-corrected chi connectivity index (χ2v) is 3.92. The third-order valence-electron chi connectivity index (χ3n) is 2.70. The molecule has 1 amide bonds. The number of ether oxygens (including phenoxy) is 1. The molecule has 6 nitrogen and oxygen atoms in total. The number of hydrogen-bond donors (Lipinski definition) is 2. The fourth-order valence-electron chi connectivity index (χ4n) is 1.82. The van der Waals surface area contributed by atoms with Crippen LogP contribution in [0.2, 0.25) is 0 Å². The van der Waals surface area contributed by atoms with Crippen molar-refractivity contribution in [3.05, 3.63) is 30.3 Å². The van der Waals surface area contributed by atoms with Crippen LogP contribution < -0.4 is 16.2 Å². The first-order valence-electron chi connectivity index (χ1n) is 5.92. The summed E-state index contributed by atoms with van der Waals surface area (Å²) in [5.41, 5.74) is 2.98. The van der Waals surface area contributed by atoms with E-state index in [-0.39, 0.29) is 12.5 Å². The lowest BCUT2D eigenvalue weighted by Crippen LogP contribution is -2.52. The largest absolute Gasteiger partial charge is 0.382 e. The lowest BCUT2D eigenvalue weighted by Gasteiger charge is -2.31. The van der Waals surface area contributed by atoms with Crippen molar-refractivity contribution in [1.29, 1.82) is 5.26 Å². The molecule has 102 valence electrons. The third kappa shape index (κ3) is 4.25. The number of hydrogen-bond acceptors (Lipinski definition) is 5. The first-order chi connectivity index (χ1) is 9.24. The molecule has 1 aromatic carbocycles. The number of methoxy groups -OCH3 is 1. The molecular formula is C13H18N4O2. The Balaban J connectivity index is 2.99. The Morgan fingerprint density at radius 2 is 2.21 bits per heavy atom. The first-order valence-corrected chi connectivity index (χ1v) is 5.92. The highest BCUT2D eigenvalue weighted by atomic mass is 16.5. The topological polar surface area (TPSA) is 91.4 Å². The Kier molecular flexibility index (Phi) is 6.36. The number of hydrazine groups is 1. The number of anilines is 1. The summed E-state index contributed by atoms with van der Waals surface area (Å²) in [4.78, 5) is 13.7. The minimum Gasteiger partial charge on any atom is -0.382 e. The van der Waals surface area contributed by atoms with Gasteiger partial charge in [0.05, 0.1) is 19.1 Å². The van der Waals surface area contributed by atoms with Crippen LogP contribution in [0.1, 0.15) is 6.42 Å². The molecule has 0 aromatic heterocycles. The van der Waals surface area contributed by atoms with Gasteiger partial charge in [0.1, 0.15) is 6.04 Å². The van der Waals surface area contributed by atoms with E-state index in [1.54, 1.807) is 0 Å². The number of nitrogens with two attached hydrogens (primary N) is 1.